The van der Waals surface area contributed by atoms with Gasteiger partial charge in [0.1, 0.15) is 5.82 Å². The normalized spacial score (nSPS) is 10.7. The summed E-state index contributed by atoms with van der Waals surface area (Å²) in [6.07, 6.45) is 3.11. The van der Waals surface area contributed by atoms with Crippen LogP contribution in [0.15, 0.2) is 28.8 Å². The van der Waals surface area contributed by atoms with Gasteiger partial charge in [0, 0.05) is 13.0 Å². The zero-order valence-corrected chi connectivity index (χ0v) is 11.1. The first-order valence-corrected chi connectivity index (χ1v) is 6.58. The number of halogens is 1. The van der Waals surface area contributed by atoms with Crippen LogP contribution in [-0.4, -0.2) is 28.5 Å². The molecule has 1 heterocycles. The summed E-state index contributed by atoms with van der Waals surface area (Å²) >= 11 is 0. The topological polar surface area (TPSA) is 68.4 Å². The lowest BCUT2D eigenvalue weighted by atomic mass is 10.1. The van der Waals surface area contributed by atoms with E-state index in [4.69, 9.17) is 14.4 Å². The predicted molar refractivity (Wildman–Crippen MR) is 69.9 cm³/mol. The number of rotatable bonds is 8. The number of ether oxygens (including phenoxy) is 1. The van der Waals surface area contributed by atoms with E-state index < -0.39 is 0 Å². The van der Waals surface area contributed by atoms with E-state index in [-0.39, 0.29) is 18.5 Å². The molecule has 0 atom stereocenters. The highest BCUT2D eigenvalue weighted by molar-refractivity contribution is 5.19. The fourth-order valence-corrected chi connectivity index (χ4v) is 1.70. The number of aromatic nitrogens is 2. The Morgan fingerprint density at radius 3 is 2.70 bits per heavy atom. The molecule has 0 saturated carbocycles. The molecule has 2 rings (SSSR count). The first-order valence-electron chi connectivity index (χ1n) is 6.58. The molecule has 20 heavy (non-hydrogen) atoms. The number of aliphatic hydroxyl groups excluding tert-OH is 1. The Bertz CT molecular complexity index is 513. The molecule has 0 bridgehead atoms. The first-order chi connectivity index (χ1) is 9.78. The monoisotopic (exact) mass is 280 g/mol. The standard InChI is InChI=1S/C14H17FN2O3/c15-12-6-4-11(5-7-12)10-13-16-14(20-17-13)19-9-3-1-2-8-18/h4-7,18H,1-3,8-10H2. The molecule has 0 saturated heterocycles. The molecule has 0 aliphatic carbocycles. The Hall–Kier alpha value is -1.95. The molecule has 0 aliphatic rings. The molecule has 0 aliphatic heterocycles. The van der Waals surface area contributed by atoms with Crippen molar-refractivity contribution in [3.63, 3.8) is 0 Å². The van der Waals surface area contributed by atoms with Gasteiger partial charge in [0.25, 0.3) is 0 Å². The maximum Gasteiger partial charge on any atom is 0.417 e. The van der Waals surface area contributed by atoms with E-state index in [1.807, 2.05) is 0 Å². The third kappa shape index (κ3) is 4.62. The van der Waals surface area contributed by atoms with Gasteiger partial charge in [-0.05, 0) is 37.0 Å². The van der Waals surface area contributed by atoms with Gasteiger partial charge >= 0.3 is 6.08 Å². The van der Waals surface area contributed by atoms with E-state index in [1.54, 1.807) is 12.1 Å². The SMILES string of the molecule is OCCCCCOc1nc(Cc2ccc(F)cc2)no1. The molecule has 108 valence electrons. The van der Waals surface area contributed by atoms with Crippen molar-refractivity contribution in [2.45, 2.75) is 25.7 Å². The van der Waals surface area contributed by atoms with Crippen molar-refractivity contribution in [2.24, 2.45) is 0 Å². The average Bonchev–Trinajstić information content (AvgIpc) is 2.89. The Kier molecular flexibility index (Phi) is 5.49. The third-order valence-corrected chi connectivity index (χ3v) is 2.75. The van der Waals surface area contributed by atoms with E-state index in [1.165, 1.54) is 12.1 Å². The van der Waals surface area contributed by atoms with E-state index in [9.17, 15) is 4.39 Å². The zero-order chi connectivity index (χ0) is 14.2. The quantitative estimate of drug-likeness (QED) is 0.752. The van der Waals surface area contributed by atoms with Crippen LogP contribution >= 0.6 is 0 Å². The summed E-state index contributed by atoms with van der Waals surface area (Å²) in [7, 11) is 0. The lowest BCUT2D eigenvalue weighted by Gasteiger charge is -1.99. The molecule has 0 amide bonds. The van der Waals surface area contributed by atoms with Crippen LogP contribution in [0, 0.1) is 5.82 Å². The van der Waals surface area contributed by atoms with Crippen LogP contribution in [0.2, 0.25) is 0 Å². The number of unbranched alkanes of at least 4 members (excludes halogenated alkanes) is 2. The van der Waals surface area contributed by atoms with Crippen LogP contribution in [-0.2, 0) is 6.42 Å². The number of hydrogen-bond donors (Lipinski definition) is 1. The van der Waals surface area contributed by atoms with Crippen LogP contribution in [0.25, 0.3) is 0 Å². The Morgan fingerprint density at radius 1 is 1.15 bits per heavy atom. The van der Waals surface area contributed by atoms with E-state index in [0.29, 0.717) is 18.9 Å². The molecule has 2 aromatic rings. The second-order valence-corrected chi connectivity index (χ2v) is 4.41. The van der Waals surface area contributed by atoms with Gasteiger partial charge in [-0.3, -0.25) is 4.52 Å². The van der Waals surface area contributed by atoms with E-state index in [2.05, 4.69) is 10.1 Å². The molecule has 6 heteroatoms. The average molecular weight is 280 g/mol. The van der Waals surface area contributed by atoms with Gasteiger partial charge in [-0.15, -0.1) is 0 Å². The Labute approximate surface area is 116 Å². The number of benzene rings is 1. The van der Waals surface area contributed by atoms with Crippen LogP contribution in [0.5, 0.6) is 6.08 Å². The molecule has 1 aromatic heterocycles. The van der Waals surface area contributed by atoms with Crippen molar-refractivity contribution in [2.75, 3.05) is 13.2 Å². The minimum Gasteiger partial charge on any atom is -0.449 e. The molecule has 1 N–H and O–H groups in total. The molecule has 0 spiro atoms. The lowest BCUT2D eigenvalue weighted by Crippen LogP contribution is -1.98. The van der Waals surface area contributed by atoms with E-state index >= 15 is 0 Å². The molecule has 5 nitrogen and oxygen atoms in total. The van der Waals surface area contributed by atoms with Crippen molar-refractivity contribution in [3.8, 4) is 6.08 Å². The number of hydrogen-bond acceptors (Lipinski definition) is 5. The minimum absolute atomic E-state index is 0.145. The lowest BCUT2D eigenvalue weighted by molar-refractivity contribution is 0.196. The molecule has 0 fully saturated rings. The fraction of sp³-hybridized carbons (Fsp3) is 0.429. The maximum absolute atomic E-state index is 12.8. The van der Waals surface area contributed by atoms with Gasteiger partial charge in [0.15, 0.2) is 5.82 Å². The van der Waals surface area contributed by atoms with Crippen molar-refractivity contribution in [3.05, 3.63) is 41.5 Å². The van der Waals surface area contributed by atoms with Crippen molar-refractivity contribution in [1.29, 1.82) is 0 Å². The van der Waals surface area contributed by atoms with Crippen molar-refractivity contribution in [1.82, 2.24) is 10.1 Å². The van der Waals surface area contributed by atoms with Crippen molar-refractivity contribution >= 4 is 0 Å². The van der Waals surface area contributed by atoms with Crippen LogP contribution in [0.3, 0.4) is 0 Å². The molecule has 0 unspecified atom stereocenters. The molecular formula is C14H17FN2O3. The maximum atomic E-state index is 12.8. The van der Waals surface area contributed by atoms with Crippen LogP contribution in [0.4, 0.5) is 4.39 Å². The second kappa shape index (κ2) is 7.59. The molecule has 0 radical (unpaired) electrons. The van der Waals surface area contributed by atoms with Gasteiger partial charge in [0.05, 0.1) is 6.61 Å². The van der Waals surface area contributed by atoms with Gasteiger partial charge < -0.3 is 9.84 Å². The first kappa shape index (κ1) is 14.5. The summed E-state index contributed by atoms with van der Waals surface area (Å²) in [5, 5.41) is 12.4. The largest absolute Gasteiger partial charge is 0.449 e. The summed E-state index contributed by atoms with van der Waals surface area (Å²) in [6.45, 7) is 0.681. The van der Waals surface area contributed by atoms with E-state index in [0.717, 1.165) is 24.8 Å². The third-order valence-electron chi connectivity index (χ3n) is 2.75. The minimum atomic E-state index is -0.270. The second-order valence-electron chi connectivity index (χ2n) is 4.41. The van der Waals surface area contributed by atoms with Gasteiger partial charge in [0.2, 0.25) is 0 Å². The van der Waals surface area contributed by atoms with Crippen LogP contribution in [0.1, 0.15) is 30.7 Å². The zero-order valence-electron chi connectivity index (χ0n) is 11.1. The predicted octanol–water partition coefficient (Wildman–Crippen LogP) is 2.34. The summed E-state index contributed by atoms with van der Waals surface area (Å²) in [6, 6.07) is 6.16. The van der Waals surface area contributed by atoms with Gasteiger partial charge in [-0.25, -0.2) is 4.39 Å². The molecular weight excluding hydrogens is 263 g/mol. The fourth-order valence-electron chi connectivity index (χ4n) is 1.70. The summed E-state index contributed by atoms with van der Waals surface area (Å²) in [4.78, 5) is 4.10. The van der Waals surface area contributed by atoms with Gasteiger partial charge in [-0.1, -0.05) is 17.3 Å². The van der Waals surface area contributed by atoms with Crippen molar-refractivity contribution < 1.29 is 18.8 Å². The smallest absolute Gasteiger partial charge is 0.417 e. The summed E-state index contributed by atoms with van der Waals surface area (Å²) < 4.78 is 23.0. The summed E-state index contributed by atoms with van der Waals surface area (Å²) in [5.41, 5.74) is 0.904. The Morgan fingerprint density at radius 2 is 1.95 bits per heavy atom. The number of aliphatic hydroxyl groups is 1. The highest BCUT2D eigenvalue weighted by Crippen LogP contribution is 2.12. The molecule has 1 aromatic carbocycles. The Balaban J connectivity index is 1.78. The van der Waals surface area contributed by atoms with Gasteiger partial charge in [-0.2, -0.15) is 4.98 Å². The number of nitrogens with zero attached hydrogens (tertiary/aromatic N) is 2. The van der Waals surface area contributed by atoms with Crippen LogP contribution < -0.4 is 4.74 Å². The summed E-state index contributed by atoms with van der Waals surface area (Å²) in [5.74, 6) is 0.232. The highest BCUT2D eigenvalue weighted by atomic mass is 19.1. The highest BCUT2D eigenvalue weighted by Gasteiger charge is 2.08.